The maximum absolute atomic E-state index is 13.9. The molecule has 2 saturated heterocycles. The summed E-state index contributed by atoms with van der Waals surface area (Å²) in [6, 6.07) is 19.9. The fourth-order valence-electron chi connectivity index (χ4n) is 5.45. The maximum Gasteiger partial charge on any atom is 0.325 e. The van der Waals surface area contributed by atoms with Gasteiger partial charge in [0.1, 0.15) is 5.54 Å². The number of nitrogens with zero attached hydrogens (tertiary/aromatic N) is 3. The smallest absolute Gasteiger partial charge is 0.322 e. The lowest BCUT2D eigenvalue weighted by atomic mass is 9.74. The van der Waals surface area contributed by atoms with Gasteiger partial charge in [0.25, 0.3) is 5.91 Å². The van der Waals surface area contributed by atoms with Crippen LogP contribution in [0.3, 0.4) is 0 Å². The molecule has 0 unspecified atom stereocenters. The number of amides is 3. The first kappa shape index (κ1) is 23.7. The second kappa shape index (κ2) is 10.3. The average molecular weight is 489 g/mol. The van der Waals surface area contributed by atoms with Gasteiger partial charge in [-0.2, -0.15) is 0 Å². The Kier molecular flexibility index (Phi) is 6.97. The van der Waals surface area contributed by atoms with Gasteiger partial charge >= 0.3 is 6.03 Å². The number of hydrogen-bond donors (Lipinski definition) is 1. The molecule has 35 heavy (non-hydrogen) atoms. The fourth-order valence-corrected chi connectivity index (χ4v) is 6.39. The van der Waals surface area contributed by atoms with Crippen molar-refractivity contribution in [1.82, 2.24) is 20.1 Å². The molecule has 7 heteroatoms. The number of benzene rings is 1. The molecule has 3 aromatic rings. The normalized spacial score (nSPS) is 21.5. The molecule has 1 N–H and O–H groups in total. The molecule has 3 amide bonds. The molecule has 2 aliphatic heterocycles. The maximum atomic E-state index is 13.9. The Morgan fingerprint density at radius 3 is 2.49 bits per heavy atom. The minimum Gasteiger partial charge on any atom is -0.322 e. The number of imide groups is 1. The quantitative estimate of drug-likeness (QED) is 0.476. The number of aromatic nitrogens is 1. The number of likely N-dealkylation sites (tertiary alicyclic amines) is 1. The van der Waals surface area contributed by atoms with Crippen LogP contribution >= 0.6 is 11.3 Å². The number of thiophene rings is 1. The van der Waals surface area contributed by atoms with E-state index in [0.29, 0.717) is 19.4 Å². The largest absolute Gasteiger partial charge is 0.325 e. The highest BCUT2D eigenvalue weighted by Gasteiger charge is 2.55. The zero-order valence-corrected chi connectivity index (χ0v) is 21.0. The van der Waals surface area contributed by atoms with Crippen molar-refractivity contribution in [1.29, 1.82) is 0 Å². The summed E-state index contributed by atoms with van der Waals surface area (Å²) < 4.78 is 0. The predicted octanol–water partition coefficient (Wildman–Crippen LogP) is 4.44. The van der Waals surface area contributed by atoms with Gasteiger partial charge in [-0.15, -0.1) is 11.3 Å². The lowest BCUT2D eigenvalue weighted by Crippen LogP contribution is -2.57. The molecule has 0 saturated carbocycles. The topological polar surface area (TPSA) is 65.5 Å². The first-order valence-electron chi connectivity index (χ1n) is 12.4. The van der Waals surface area contributed by atoms with E-state index in [9.17, 15) is 9.59 Å². The molecule has 4 heterocycles. The number of carbonyl (C=O) groups is 2. The van der Waals surface area contributed by atoms with Gasteiger partial charge in [0.15, 0.2) is 0 Å². The number of piperidine rings is 1. The van der Waals surface area contributed by atoms with E-state index in [2.05, 4.69) is 34.3 Å². The highest BCUT2D eigenvalue weighted by Crippen LogP contribution is 2.37. The summed E-state index contributed by atoms with van der Waals surface area (Å²) in [5.74, 6) is 0.00921. The summed E-state index contributed by atoms with van der Waals surface area (Å²) in [6.45, 7) is 5.29. The Bertz CT molecular complexity index is 1160. The molecule has 5 rings (SSSR count). The first-order chi connectivity index (χ1) is 17.0. The Balaban J connectivity index is 1.33. The highest BCUT2D eigenvalue weighted by atomic mass is 32.1. The van der Waals surface area contributed by atoms with Gasteiger partial charge in [-0.05, 0) is 68.6 Å². The van der Waals surface area contributed by atoms with E-state index < -0.39 is 5.54 Å². The molecule has 2 aliphatic rings. The molecule has 2 aromatic heterocycles. The van der Waals surface area contributed by atoms with Crippen LogP contribution in [0, 0.1) is 12.8 Å². The van der Waals surface area contributed by atoms with E-state index in [-0.39, 0.29) is 17.9 Å². The van der Waals surface area contributed by atoms with Gasteiger partial charge in [0.2, 0.25) is 0 Å². The summed E-state index contributed by atoms with van der Waals surface area (Å²) >= 11 is 1.85. The Morgan fingerprint density at radius 2 is 1.80 bits per heavy atom. The molecular formula is C28H32N4O2S. The zero-order valence-electron chi connectivity index (χ0n) is 20.2. The van der Waals surface area contributed by atoms with Gasteiger partial charge in [-0.3, -0.25) is 19.6 Å². The number of hydrogen-bond acceptors (Lipinski definition) is 5. The van der Waals surface area contributed by atoms with E-state index in [4.69, 9.17) is 0 Å². The van der Waals surface area contributed by atoms with Gasteiger partial charge in [-0.25, -0.2) is 4.79 Å². The van der Waals surface area contributed by atoms with E-state index in [0.717, 1.165) is 43.7 Å². The monoisotopic (exact) mass is 488 g/mol. The summed E-state index contributed by atoms with van der Waals surface area (Å²) in [4.78, 5) is 38.0. The van der Waals surface area contributed by atoms with Crippen molar-refractivity contribution in [3.8, 4) is 0 Å². The molecule has 1 atom stereocenters. The molecule has 0 bridgehead atoms. The fraction of sp³-hybridized carbons (Fsp3) is 0.393. The second-order valence-corrected chi connectivity index (χ2v) is 11.0. The minimum atomic E-state index is -0.895. The van der Waals surface area contributed by atoms with Crippen LogP contribution in [0.2, 0.25) is 0 Å². The average Bonchev–Trinajstić information content (AvgIpc) is 3.39. The van der Waals surface area contributed by atoms with Gasteiger partial charge < -0.3 is 5.32 Å². The molecule has 0 aliphatic carbocycles. The zero-order chi connectivity index (χ0) is 24.3. The third-order valence-electron chi connectivity index (χ3n) is 7.31. The van der Waals surface area contributed by atoms with Crippen molar-refractivity contribution in [2.45, 2.75) is 44.7 Å². The molecular weight excluding hydrogens is 456 g/mol. The third kappa shape index (κ3) is 5.16. The van der Waals surface area contributed by atoms with Gasteiger partial charge in [-0.1, -0.05) is 36.4 Å². The summed E-state index contributed by atoms with van der Waals surface area (Å²) in [5, 5.41) is 3.19. The molecule has 0 spiro atoms. The molecule has 6 nitrogen and oxygen atoms in total. The summed E-state index contributed by atoms with van der Waals surface area (Å²) in [7, 11) is 0. The van der Waals surface area contributed by atoms with Crippen LogP contribution in [0.15, 0.2) is 66.9 Å². The Hall–Kier alpha value is -3.03. The summed E-state index contributed by atoms with van der Waals surface area (Å²) in [5.41, 5.74) is 1.06. The van der Waals surface area contributed by atoms with Crippen LogP contribution in [0.25, 0.3) is 0 Å². The van der Waals surface area contributed by atoms with Crippen LogP contribution in [0.5, 0.6) is 0 Å². The second-order valence-electron chi connectivity index (χ2n) is 9.65. The van der Waals surface area contributed by atoms with E-state index >= 15 is 0 Å². The molecule has 2 fully saturated rings. The van der Waals surface area contributed by atoms with Crippen molar-refractivity contribution in [2.24, 2.45) is 5.92 Å². The number of carbonyl (C=O) groups excluding carboxylic acids is 2. The number of aryl methyl sites for hydroxylation is 1. The Morgan fingerprint density at radius 1 is 1.03 bits per heavy atom. The highest BCUT2D eigenvalue weighted by molar-refractivity contribution is 7.11. The SMILES string of the molecule is Cc1ccc(CN2CCC([C@]3(Cc4ccccc4)NC(=O)N(CCc4ccccn4)C3=O)CC2)s1. The standard InChI is InChI=1S/C28H32N4O2S/c1-21-10-11-25(35-21)20-31-16-12-23(13-17-31)28(19-22-7-3-2-4-8-22)26(33)32(27(34)30-28)18-14-24-9-5-6-15-29-24/h2-11,15,23H,12-14,16-20H2,1H3,(H,30,34)/t28-/m0/s1. The van der Waals surface area contributed by atoms with Crippen LogP contribution in [-0.2, 0) is 24.2 Å². The minimum absolute atomic E-state index is 0.0883. The summed E-state index contributed by atoms with van der Waals surface area (Å²) in [6.07, 6.45) is 4.59. The van der Waals surface area contributed by atoms with Crippen molar-refractivity contribution < 1.29 is 9.59 Å². The van der Waals surface area contributed by atoms with Crippen LogP contribution < -0.4 is 5.32 Å². The first-order valence-corrected chi connectivity index (χ1v) is 13.2. The van der Waals surface area contributed by atoms with Crippen molar-refractivity contribution in [3.05, 3.63) is 87.9 Å². The predicted molar refractivity (Wildman–Crippen MR) is 138 cm³/mol. The number of rotatable bonds is 8. The number of pyridine rings is 1. The van der Waals surface area contributed by atoms with Crippen molar-refractivity contribution in [2.75, 3.05) is 19.6 Å². The number of urea groups is 1. The van der Waals surface area contributed by atoms with Crippen molar-refractivity contribution in [3.63, 3.8) is 0 Å². The third-order valence-corrected chi connectivity index (χ3v) is 8.29. The van der Waals surface area contributed by atoms with Crippen LogP contribution in [0.1, 0.15) is 33.9 Å². The van der Waals surface area contributed by atoms with Gasteiger partial charge in [0, 0.05) is 47.6 Å². The van der Waals surface area contributed by atoms with E-state index in [1.54, 1.807) is 6.20 Å². The molecule has 0 radical (unpaired) electrons. The lowest BCUT2D eigenvalue weighted by molar-refractivity contribution is -0.134. The van der Waals surface area contributed by atoms with Gasteiger partial charge in [0.05, 0.1) is 0 Å². The van der Waals surface area contributed by atoms with Crippen LogP contribution in [-0.4, -0.2) is 51.9 Å². The van der Waals surface area contributed by atoms with E-state index in [1.165, 1.54) is 14.7 Å². The van der Waals surface area contributed by atoms with E-state index in [1.807, 2.05) is 59.9 Å². The molecule has 1 aromatic carbocycles. The van der Waals surface area contributed by atoms with Crippen LogP contribution in [0.4, 0.5) is 4.79 Å². The Labute approximate surface area is 211 Å². The molecule has 182 valence electrons. The number of nitrogens with one attached hydrogen (secondary N) is 1. The van der Waals surface area contributed by atoms with Crippen molar-refractivity contribution >= 4 is 23.3 Å². The lowest BCUT2D eigenvalue weighted by Gasteiger charge is -2.41.